The second-order valence-electron chi connectivity index (χ2n) is 3.92. The van der Waals surface area contributed by atoms with Crippen molar-refractivity contribution in [1.82, 2.24) is 15.0 Å². The Morgan fingerprint density at radius 3 is 2.88 bits per heavy atom. The molecule has 1 aromatic carbocycles. The lowest BCUT2D eigenvalue weighted by Gasteiger charge is -2.00. The van der Waals surface area contributed by atoms with Crippen LogP contribution in [-0.4, -0.2) is 15.0 Å². The smallest absolute Gasteiger partial charge is 0.178 e. The lowest BCUT2D eigenvalue weighted by atomic mass is 10.1. The molecule has 0 saturated heterocycles. The van der Waals surface area contributed by atoms with Crippen molar-refractivity contribution in [3.05, 3.63) is 47.1 Å². The molecule has 84 valence electrons. The molecule has 0 atom stereocenters. The van der Waals surface area contributed by atoms with E-state index in [-0.39, 0.29) is 0 Å². The summed E-state index contributed by atoms with van der Waals surface area (Å²) in [7, 11) is 0. The van der Waals surface area contributed by atoms with Gasteiger partial charge in [0.1, 0.15) is 5.82 Å². The summed E-state index contributed by atoms with van der Waals surface area (Å²) in [6.07, 6.45) is 1.73. The van der Waals surface area contributed by atoms with Crippen LogP contribution in [-0.2, 0) is 0 Å². The van der Waals surface area contributed by atoms with Gasteiger partial charge in [0, 0.05) is 16.8 Å². The number of halogens is 1. The zero-order valence-electron chi connectivity index (χ0n) is 9.24. The predicted octanol–water partition coefficient (Wildman–Crippen LogP) is 3.59. The Morgan fingerprint density at radius 2 is 2.12 bits per heavy atom. The van der Waals surface area contributed by atoms with Crippen molar-refractivity contribution in [2.75, 3.05) is 0 Å². The number of hydrogen-bond donors (Lipinski definition) is 1. The number of nitrogens with zero attached hydrogens (tertiary/aromatic N) is 2. The van der Waals surface area contributed by atoms with Gasteiger partial charge in [-0.25, -0.2) is 9.97 Å². The molecule has 3 rings (SSSR count). The van der Waals surface area contributed by atoms with Gasteiger partial charge in [-0.05, 0) is 30.7 Å². The van der Waals surface area contributed by atoms with E-state index in [1.54, 1.807) is 6.20 Å². The molecule has 0 bridgehead atoms. The number of H-pyrrole nitrogens is 1. The van der Waals surface area contributed by atoms with E-state index < -0.39 is 0 Å². The van der Waals surface area contributed by atoms with E-state index in [0.29, 0.717) is 0 Å². The van der Waals surface area contributed by atoms with Gasteiger partial charge in [0.05, 0.1) is 5.52 Å². The summed E-state index contributed by atoms with van der Waals surface area (Å²) in [5, 5.41) is 0.746. The fraction of sp³-hybridized carbons (Fsp3) is 0.0769. The first-order chi connectivity index (χ1) is 8.24. The SMILES string of the molecule is Cc1ccc(-c2nc3ncccc3[nH]2)cc1Cl. The third-order valence-electron chi connectivity index (χ3n) is 2.70. The summed E-state index contributed by atoms with van der Waals surface area (Å²) in [4.78, 5) is 11.8. The Balaban J connectivity index is 2.17. The van der Waals surface area contributed by atoms with E-state index in [0.717, 1.165) is 33.1 Å². The molecule has 0 spiro atoms. The van der Waals surface area contributed by atoms with Crippen LogP contribution in [0.25, 0.3) is 22.6 Å². The standard InChI is InChI=1S/C13H10ClN3/c1-8-4-5-9(7-10(8)14)12-16-11-3-2-6-15-13(11)17-12/h2-7H,1H3,(H,15,16,17). The van der Waals surface area contributed by atoms with Crippen molar-refractivity contribution < 1.29 is 0 Å². The van der Waals surface area contributed by atoms with Crippen LogP contribution in [0.5, 0.6) is 0 Å². The van der Waals surface area contributed by atoms with Crippen LogP contribution < -0.4 is 0 Å². The van der Waals surface area contributed by atoms with Gasteiger partial charge in [0.25, 0.3) is 0 Å². The van der Waals surface area contributed by atoms with Crippen molar-refractivity contribution in [2.24, 2.45) is 0 Å². The summed E-state index contributed by atoms with van der Waals surface area (Å²) in [6, 6.07) is 9.73. The molecule has 0 aliphatic heterocycles. The number of imidazole rings is 1. The molecule has 0 radical (unpaired) electrons. The molecule has 17 heavy (non-hydrogen) atoms. The first kappa shape index (κ1) is 10.3. The molecule has 2 aromatic heterocycles. The van der Waals surface area contributed by atoms with Gasteiger partial charge < -0.3 is 4.98 Å². The molecule has 2 heterocycles. The minimum Gasteiger partial charge on any atom is -0.337 e. The molecule has 0 saturated carbocycles. The first-order valence-electron chi connectivity index (χ1n) is 5.31. The predicted molar refractivity (Wildman–Crippen MR) is 69.1 cm³/mol. The van der Waals surface area contributed by atoms with E-state index in [4.69, 9.17) is 11.6 Å². The maximum atomic E-state index is 6.11. The molecular formula is C13H10ClN3. The van der Waals surface area contributed by atoms with Crippen LogP contribution in [0.1, 0.15) is 5.56 Å². The largest absolute Gasteiger partial charge is 0.337 e. The minimum absolute atomic E-state index is 0.721. The summed E-state index contributed by atoms with van der Waals surface area (Å²) in [5.41, 5.74) is 3.68. The molecule has 0 fully saturated rings. The summed E-state index contributed by atoms with van der Waals surface area (Å²) < 4.78 is 0. The fourth-order valence-electron chi connectivity index (χ4n) is 1.72. The molecule has 4 heteroatoms. The second-order valence-corrected chi connectivity index (χ2v) is 4.33. The number of hydrogen-bond acceptors (Lipinski definition) is 2. The van der Waals surface area contributed by atoms with Crippen molar-refractivity contribution in [2.45, 2.75) is 6.92 Å². The average molecular weight is 244 g/mol. The molecule has 0 aliphatic carbocycles. The van der Waals surface area contributed by atoms with Crippen LogP contribution in [0.2, 0.25) is 5.02 Å². The van der Waals surface area contributed by atoms with Crippen molar-refractivity contribution in [3.8, 4) is 11.4 Å². The fourth-order valence-corrected chi connectivity index (χ4v) is 1.90. The van der Waals surface area contributed by atoms with E-state index >= 15 is 0 Å². The normalized spacial score (nSPS) is 10.9. The van der Waals surface area contributed by atoms with Crippen LogP contribution in [0.4, 0.5) is 0 Å². The number of rotatable bonds is 1. The summed E-state index contributed by atoms with van der Waals surface area (Å²) in [5.74, 6) is 0.792. The lowest BCUT2D eigenvalue weighted by molar-refractivity contribution is 1.30. The third kappa shape index (κ3) is 1.78. The van der Waals surface area contributed by atoms with Gasteiger partial charge in [-0.15, -0.1) is 0 Å². The highest BCUT2D eigenvalue weighted by atomic mass is 35.5. The van der Waals surface area contributed by atoms with Crippen molar-refractivity contribution in [3.63, 3.8) is 0 Å². The second kappa shape index (κ2) is 3.86. The minimum atomic E-state index is 0.721. The highest BCUT2D eigenvalue weighted by Gasteiger charge is 2.06. The monoisotopic (exact) mass is 243 g/mol. The molecule has 0 unspecified atom stereocenters. The maximum absolute atomic E-state index is 6.11. The number of benzene rings is 1. The molecule has 1 N–H and O–H groups in total. The Morgan fingerprint density at radius 1 is 1.24 bits per heavy atom. The number of aromatic nitrogens is 3. The molecule has 3 aromatic rings. The van der Waals surface area contributed by atoms with Gasteiger partial charge in [-0.3, -0.25) is 0 Å². The van der Waals surface area contributed by atoms with Crippen LogP contribution in [0, 0.1) is 6.92 Å². The van der Waals surface area contributed by atoms with Crippen molar-refractivity contribution >= 4 is 22.8 Å². The maximum Gasteiger partial charge on any atom is 0.178 e. The van der Waals surface area contributed by atoms with E-state index in [9.17, 15) is 0 Å². The number of aryl methyl sites for hydroxylation is 1. The molecule has 0 aliphatic rings. The van der Waals surface area contributed by atoms with E-state index in [1.165, 1.54) is 0 Å². The number of pyridine rings is 1. The zero-order valence-corrected chi connectivity index (χ0v) is 9.99. The van der Waals surface area contributed by atoms with Gasteiger partial charge in [0.15, 0.2) is 5.65 Å². The average Bonchev–Trinajstić information content (AvgIpc) is 2.76. The van der Waals surface area contributed by atoms with Gasteiger partial charge in [-0.2, -0.15) is 0 Å². The van der Waals surface area contributed by atoms with E-state index in [1.807, 2.05) is 37.3 Å². The summed E-state index contributed by atoms with van der Waals surface area (Å²) >= 11 is 6.11. The van der Waals surface area contributed by atoms with E-state index in [2.05, 4.69) is 15.0 Å². The Labute approximate surface area is 103 Å². The summed E-state index contributed by atoms with van der Waals surface area (Å²) in [6.45, 7) is 1.98. The Bertz CT molecular complexity index is 655. The molecule has 3 nitrogen and oxygen atoms in total. The van der Waals surface area contributed by atoms with Crippen LogP contribution in [0.3, 0.4) is 0 Å². The quantitative estimate of drug-likeness (QED) is 0.710. The Hall–Kier alpha value is -1.87. The lowest BCUT2D eigenvalue weighted by Crippen LogP contribution is -1.82. The number of nitrogens with one attached hydrogen (secondary N) is 1. The molecular weight excluding hydrogens is 234 g/mol. The third-order valence-corrected chi connectivity index (χ3v) is 3.11. The first-order valence-corrected chi connectivity index (χ1v) is 5.69. The number of aromatic amines is 1. The number of fused-ring (bicyclic) bond motifs is 1. The molecule has 0 amide bonds. The van der Waals surface area contributed by atoms with Crippen molar-refractivity contribution in [1.29, 1.82) is 0 Å². The highest BCUT2D eigenvalue weighted by Crippen LogP contribution is 2.24. The zero-order chi connectivity index (χ0) is 11.8. The Kier molecular flexibility index (Phi) is 2.34. The van der Waals surface area contributed by atoms with Gasteiger partial charge in [0.2, 0.25) is 0 Å². The van der Waals surface area contributed by atoms with Crippen LogP contribution >= 0.6 is 11.6 Å². The topological polar surface area (TPSA) is 41.6 Å². The highest BCUT2D eigenvalue weighted by molar-refractivity contribution is 6.31. The van der Waals surface area contributed by atoms with Crippen LogP contribution in [0.15, 0.2) is 36.5 Å². The van der Waals surface area contributed by atoms with Gasteiger partial charge in [-0.1, -0.05) is 23.7 Å². The van der Waals surface area contributed by atoms with Gasteiger partial charge >= 0.3 is 0 Å².